The Bertz CT molecular complexity index is 558. The molecule has 1 aromatic carbocycles. The molecule has 0 aliphatic heterocycles. The van der Waals surface area contributed by atoms with Crippen LogP contribution in [0.3, 0.4) is 0 Å². The molecule has 0 spiro atoms. The largest absolute Gasteiger partial charge is 0.478 e. The van der Waals surface area contributed by atoms with Crippen molar-refractivity contribution in [1.29, 1.82) is 0 Å². The van der Waals surface area contributed by atoms with Crippen molar-refractivity contribution in [2.75, 3.05) is 6.61 Å². The first kappa shape index (κ1) is 11.6. The van der Waals surface area contributed by atoms with Crippen molar-refractivity contribution in [3.8, 4) is 5.88 Å². The zero-order valence-corrected chi connectivity index (χ0v) is 10.5. The van der Waals surface area contributed by atoms with Crippen LogP contribution in [0.2, 0.25) is 0 Å². The van der Waals surface area contributed by atoms with E-state index < -0.39 is 0 Å². The maximum Gasteiger partial charge on any atom is 0.213 e. The zero-order chi connectivity index (χ0) is 12.3. The fourth-order valence-electron chi connectivity index (χ4n) is 1.94. The molecule has 2 heteroatoms. The van der Waals surface area contributed by atoms with E-state index in [-0.39, 0.29) is 0 Å². The van der Waals surface area contributed by atoms with Gasteiger partial charge >= 0.3 is 0 Å². The van der Waals surface area contributed by atoms with Gasteiger partial charge in [0.15, 0.2) is 0 Å². The van der Waals surface area contributed by atoms with E-state index in [1.807, 2.05) is 26.0 Å². The third-order valence-electron chi connectivity index (χ3n) is 2.63. The Hall–Kier alpha value is -1.83. The molecule has 17 heavy (non-hydrogen) atoms. The molecule has 88 valence electrons. The molecule has 2 nitrogen and oxygen atoms in total. The Morgan fingerprint density at radius 2 is 2.12 bits per heavy atom. The molecule has 1 heterocycles. The SMILES string of the molecule is C/C=C\c1cc(C)c2nc(OCC)ccc2c1. The Kier molecular flexibility index (Phi) is 3.43. The minimum Gasteiger partial charge on any atom is -0.478 e. The molecular formula is C15H17NO. The van der Waals surface area contributed by atoms with Gasteiger partial charge in [-0.1, -0.05) is 12.2 Å². The molecule has 0 unspecified atom stereocenters. The number of ether oxygens (including phenoxy) is 1. The highest BCUT2D eigenvalue weighted by Crippen LogP contribution is 2.22. The van der Waals surface area contributed by atoms with Crippen LogP contribution in [0.15, 0.2) is 30.3 Å². The average Bonchev–Trinajstić information content (AvgIpc) is 2.31. The number of aromatic nitrogens is 1. The highest BCUT2D eigenvalue weighted by atomic mass is 16.5. The Balaban J connectivity index is 2.56. The maximum absolute atomic E-state index is 5.42. The monoisotopic (exact) mass is 227 g/mol. The summed E-state index contributed by atoms with van der Waals surface area (Å²) in [4.78, 5) is 4.52. The standard InChI is InChI=1S/C15H17NO/c1-4-6-12-9-11(3)15-13(10-12)7-8-14(16-15)17-5-2/h4,6-10H,5H2,1-3H3/b6-4-. The minimum atomic E-state index is 0.647. The first-order valence-electron chi connectivity index (χ1n) is 5.91. The van der Waals surface area contributed by atoms with Gasteiger partial charge in [0.05, 0.1) is 12.1 Å². The second-order valence-corrected chi connectivity index (χ2v) is 3.99. The molecule has 0 N–H and O–H groups in total. The number of fused-ring (bicyclic) bond motifs is 1. The van der Waals surface area contributed by atoms with E-state index in [1.54, 1.807) is 0 Å². The number of rotatable bonds is 3. The van der Waals surface area contributed by atoms with Gasteiger partial charge in [0.25, 0.3) is 0 Å². The fourth-order valence-corrected chi connectivity index (χ4v) is 1.94. The Morgan fingerprint density at radius 3 is 2.82 bits per heavy atom. The molecule has 0 bridgehead atoms. The Labute approximate surface area is 102 Å². The lowest BCUT2D eigenvalue weighted by molar-refractivity contribution is 0.328. The van der Waals surface area contributed by atoms with E-state index in [0.29, 0.717) is 12.5 Å². The topological polar surface area (TPSA) is 22.1 Å². The summed E-state index contributed by atoms with van der Waals surface area (Å²) in [6.07, 6.45) is 4.14. The number of benzene rings is 1. The average molecular weight is 227 g/mol. The van der Waals surface area contributed by atoms with Crippen molar-refractivity contribution in [2.24, 2.45) is 0 Å². The lowest BCUT2D eigenvalue weighted by Crippen LogP contribution is -1.95. The predicted octanol–water partition coefficient (Wildman–Crippen LogP) is 3.98. The van der Waals surface area contributed by atoms with Crippen molar-refractivity contribution in [1.82, 2.24) is 4.98 Å². The second kappa shape index (κ2) is 5.00. The van der Waals surface area contributed by atoms with Crippen molar-refractivity contribution < 1.29 is 4.74 Å². The molecule has 0 radical (unpaired) electrons. The fraction of sp³-hybridized carbons (Fsp3) is 0.267. The maximum atomic E-state index is 5.42. The summed E-state index contributed by atoms with van der Waals surface area (Å²) in [6, 6.07) is 8.27. The van der Waals surface area contributed by atoms with Crippen LogP contribution < -0.4 is 4.74 Å². The van der Waals surface area contributed by atoms with Crippen LogP contribution in [-0.2, 0) is 0 Å². The summed E-state index contributed by atoms with van der Waals surface area (Å²) >= 11 is 0. The van der Waals surface area contributed by atoms with E-state index in [4.69, 9.17) is 4.74 Å². The van der Waals surface area contributed by atoms with Crippen molar-refractivity contribution in [3.63, 3.8) is 0 Å². The molecule has 0 aliphatic carbocycles. The number of nitrogens with zero attached hydrogens (tertiary/aromatic N) is 1. The van der Waals surface area contributed by atoms with Gasteiger partial charge < -0.3 is 4.74 Å². The molecule has 0 aliphatic rings. The number of hydrogen-bond donors (Lipinski definition) is 0. The first-order valence-corrected chi connectivity index (χ1v) is 5.91. The zero-order valence-electron chi connectivity index (χ0n) is 10.5. The number of aryl methyl sites for hydroxylation is 1. The normalized spacial score (nSPS) is 11.2. The smallest absolute Gasteiger partial charge is 0.213 e. The molecule has 0 amide bonds. The molecule has 0 saturated heterocycles. The molecular weight excluding hydrogens is 210 g/mol. The molecule has 2 aromatic rings. The summed E-state index contributed by atoms with van der Waals surface area (Å²) in [7, 11) is 0. The summed E-state index contributed by atoms with van der Waals surface area (Å²) in [6.45, 7) is 6.72. The highest BCUT2D eigenvalue weighted by Gasteiger charge is 2.03. The molecule has 1 aromatic heterocycles. The van der Waals surface area contributed by atoms with Gasteiger partial charge in [0.1, 0.15) is 0 Å². The van der Waals surface area contributed by atoms with Gasteiger partial charge in [-0.25, -0.2) is 4.98 Å². The predicted molar refractivity (Wildman–Crippen MR) is 72.4 cm³/mol. The van der Waals surface area contributed by atoms with Crippen molar-refractivity contribution in [2.45, 2.75) is 20.8 Å². The van der Waals surface area contributed by atoms with Crippen LogP contribution in [-0.4, -0.2) is 11.6 Å². The summed E-state index contributed by atoms with van der Waals surface area (Å²) in [5, 5.41) is 1.15. The third-order valence-corrected chi connectivity index (χ3v) is 2.63. The van der Waals surface area contributed by atoms with E-state index in [2.05, 4.69) is 36.2 Å². The van der Waals surface area contributed by atoms with Crippen molar-refractivity contribution in [3.05, 3.63) is 41.5 Å². The van der Waals surface area contributed by atoms with E-state index in [1.165, 1.54) is 11.1 Å². The lowest BCUT2D eigenvalue weighted by Gasteiger charge is -2.07. The van der Waals surface area contributed by atoms with Crippen molar-refractivity contribution >= 4 is 17.0 Å². The van der Waals surface area contributed by atoms with Gasteiger partial charge in [-0.15, -0.1) is 0 Å². The molecule has 0 saturated carbocycles. The summed E-state index contributed by atoms with van der Waals surface area (Å²) in [5.74, 6) is 0.696. The van der Waals surface area contributed by atoms with Crippen LogP contribution in [0.25, 0.3) is 17.0 Å². The molecule has 2 rings (SSSR count). The molecule has 0 fully saturated rings. The van der Waals surface area contributed by atoms with Crippen LogP contribution in [0.4, 0.5) is 0 Å². The van der Waals surface area contributed by atoms with Gasteiger partial charge in [0.2, 0.25) is 5.88 Å². The van der Waals surface area contributed by atoms with Gasteiger partial charge in [-0.05, 0) is 50.1 Å². The Morgan fingerprint density at radius 1 is 1.29 bits per heavy atom. The van der Waals surface area contributed by atoms with Crippen LogP contribution >= 0.6 is 0 Å². The van der Waals surface area contributed by atoms with Gasteiger partial charge in [-0.3, -0.25) is 0 Å². The number of hydrogen-bond acceptors (Lipinski definition) is 2. The van der Waals surface area contributed by atoms with E-state index in [0.717, 1.165) is 10.9 Å². The third kappa shape index (κ3) is 2.47. The van der Waals surface area contributed by atoms with Crippen LogP contribution in [0.5, 0.6) is 5.88 Å². The van der Waals surface area contributed by atoms with Gasteiger partial charge in [0, 0.05) is 11.5 Å². The minimum absolute atomic E-state index is 0.647. The summed E-state index contributed by atoms with van der Waals surface area (Å²) in [5.41, 5.74) is 3.41. The van der Waals surface area contributed by atoms with E-state index in [9.17, 15) is 0 Å². The number of pyridine rings is 1. The first-order chi connectivity index (χ1) is 8.24. The number of allylic oxidation sites excluding steroid dienone is 1. The highest BCUT2D eigenvalue weighted by molar-refractivity contribution is 5.84. The lowest BCUT2D eigenvalue weighted by atomic mass is 10.1. The van der Waals surface area contributed by atoms with E-state index >= 15 is 0 Å². The van der Waals surface area contributed by atoms with Gasteiger partial charge in [-0.2, -0.15) is 0 Å². The second-order valence-electron chi connectivity index (χ2n) is 3.99. The van der Waals surface area contributed by atoms with Crippen LogP contribution in [0, 0.1) is 6.92 Å². The molecule has 0 atom stereocenters. The quantitative estimate of drug-likeness (QED) is 0.791. The van der Waals surface area contributed by atoms with Crippen LogP contribution in [0.1, 0.15) is 25.0 Å². The summed E-state index contributed by atoms with van der Waals surface area (Å²) < 4.78 is 5.42.